The highest BCUT2D eigenvalue weighted by Gasteiger charge is 2.03. The van der Waals surface area contributed by atoms with Gasteiger partial charge in [-0.1, -0.05) is 29.8 Å². The molecule has 0 fully saturated rings. The maximum Gasteiger partial charge on any atom is 0.244 e. The van der Waals surface area contributed by atoms with Crippen LogP contribution >= 0.6 is 11.6 Å². The van der Waals surface area contributed by atoms with Crippen LogP contribution in [0.2, 0.25) is 5.02 Å². The first kappa shape index (κ1) is 16.3. The van der Waals surface area contributed by atoms with Crippen molar-refractivity contribution in [2.45, 2.75) is 13.3 Å². The molecule has 1 N–H and O–H groups in total. The van der Waals surface area contributed by atoms with E-state index in [-0.39, 0.29) is 5.91 Å². The smallest absolute Gasteiger partial charge is 0.244 e. The average molecular weight is 340 g/mol. The molecule has 5 heteroatoms. The number of nitrogens with one attached hydrogen (secondary N) is 1. The number of hydrogen-bond acceptors (Lipinski definition) is 2. The Morgan fingerprint density at radius 1 is 1.25 bits per heavy atom. The standard InChI is InChI=1S/C19H18ClN3O/c1-14-3-2-4-18-22-17(13-23(14)18)11-12-21-19(24)10-7-15-5-8-16(20)9-6-15/h2-10,13H,11-12H2,1H3,(H,21,24)/b10-7+. The number of pyridine rings is 1. The molecule has 0 aliphatic rings. The van der Waals surface area contributed by atoms with Gasteiger partial charge >= 0.3 is 0 Å². The first-order chi connectivity index (χ1) is 11.6. The maximum absolute atomic E-state index is 11.9. The van der Waals surface area contributed by atoms with Crippen molar-refractivity contribution < 1.29 is 4.79 Å². The fourth-order valence-corrected chi connectivity index (χ4v) is 2.56. The van der Waals surface area contributed by atoms with Crippen molar-refractivity contribution in [2.24, 2.45) is 0 Å². The number of benzene rings is 1. The largest absolute Gasteiger partial charge is 0.352 e. The number of aryl methyl sites for hydroxylation is 1. The Morgan fingerprint density at radius 3 is 2.79 bits per heavy atom. The van der Waals surface area contributed by atoms with E-state index >= 15 is 0 Å². The Bertz CT molecular complexity index is 881. The number of amides is 1. The lowest BCUT2D eigenvalue weighted by atomic mass is 10.2. The number of hydrogen-bond donors (Lipinski definition) is 1. The summed E-state index contributed by atoms with van der Waals surface area (Å²) in [5.74, 6) is -0.120. The number of nitrogens with zero attached hydrogens (tertiary/aromatic N) is 2. The molecule has 3 aromatic rings. The zero-order valence-electron chi connectivity index (χ0n) is 13.4. The SMILES string of the molecule is Cc1cccc2nc(CCNC(=O)/C=C/c3ccc(Cl)cc3)cn12. The predicted molar refractivity (Wildman–Crippen MR) is 97.1 cm³/mol. The Hall–Kier alpha value is -2.59. The number of fused-ring (bicyclic) bond motifs is 1. The molecular formula is C19H18ClN3O. The Labute approximate surface area is 145 Å². The average Bonchev–Trinajstić information content (AvgIpc) is 2.99. The lowest BCUT2D eigenvalue weighted by molar-refractivity contribution is -0.116. The molecule has 1 aromatic carbocycles. The molecule has 1 amide bonds. The zero-order chi connectivity index (χ0) is 16.9. The molecule has 2 heterocycles. The van der Waals surface area contributed by atoms with Crippen molar-refractivity contribution in [1.29, 1.82) is 0 Å². The van der Waals surface area contributed by atoms with E-state index < -0.39 is 0 Å². The van der Waals surface area contributed by atoms with E-state index in [1.165, 1.54) is 6.08 Å². The highest BCUT2D eigenvalue weighted by molar-refractivity contribution is 6.30. The highest BCUT2D eigenvalue weighted by atomic mass is 35.5. The third-order valence-electron chi connectivity index (χ3n) is 3.72. The molecule has 2 aromatic heterocycles. The molecule has 0 aliphatic carbocycles. The minimum Gasteiger partial charge on any atom is -0.352 e. The van der Waals surface area contributed by atoms with E-state index in [1.54, 1.807) is 18.2 Å². The van der Waals surface area contributed by atoms with E-state index in [2.05, 4.69) is 14.7 Å². The van der Waals surface area contributed by atoms with Crippen LogP contribution in [0.1, 0.15) is 17.0 Å². The van der Waals surface area contributed by atoms with Gasteiger partial charge in [-0.05, 0) is 42.8 Å². The number of imidazole rings is 1. The lowest BCUT2D eigenvalue weighted by Crippen LogP contribution is -2.23. The van der Waals surface area contributed by atoms with Gasteiger partial charge in [-0.3, -0.25) is 4.79 Å². The minimum absolute atomic E-state index is 0.120. The molecular weight excluding hydrogens is 322 g/mol. The Balaban J connectivity index is 1.52. The summed E-state index contributed by atoms with van der Waals surface area (Å²) in [5.41, 5.74) is 3.97. The Morgan fingerprint density at radius 2 is 2.04 bits per heavy atom. The summed E-state index contributed by atoms with van der Waals surface area (Å²) >= 11 is 5.83. The van der Waals surface area contributed by atoms with Gasteiger partial charge in [-0.15, -0.1) is 0 Å². The van der Waals surface area contributed by atoms with Crippen LogP contribution in [0.25, 0.3) is 11.7 Å². The summed E-state index contributed by atoms with van der Waals surface area (Å²) in [5, 5.41) is 3.55. The first-order valence-corrected chi connectivity index (χ1v) is 8.15. The van der Waals surface area contributed by atoms with E-state index in [0.29, 0.717) is 18.0 Å². The molecule has 4 nitrogen and oxygen atoms in total. The summed E-state index contributed by atoms with van der Waals surface area (Å²) < 4.78 is 2.05. The van der Waals surface area contributed by atoms with E-state index in [9.17, 15) is 4.79 Å². The quantitative estimate of drug-likeness (QED) is 0.721. The second kappa shape index (κ2) is 7.32. The van der Waals surface area contributed by atoms with E-state index in [1.807, 2.05) is 43.5 Å². The molecule has 24 heavy (non-hydrogen) atoms. The van der Waals surface area contributed by atoms with Gasteiger partial charge in [0.1, 0.15) is 5.65 Å². The second-order valence-electron chi connectivity index (χ2n) is 5.55. The molecule has 0 unspecified atom stereocenters. The van der Waals surface area contributed by atoms with Crippen LogP contribution in [0.3, 0.4) is 0 Å². The topological polar surface area (TPSA) is 46.4 Å². The van der Waals surface area contributed by atoms with Gasteiger partial charge in [-0.25, -0.2) is 4.98 Å². The van der Waals surface area contributed by atoms with Gasteiger partial charge in [0.05, 0.1) is 5.69 Å². The zero-order valence-corrected chi connectivity index (χ0v) is 14.1. The molecule has 0 spiro atoms. The molecule has 0 atom stereocenters. The summed E-state index contributed by atoms with van der Waals surface area (Å²) in [6.07, 6.45) is 6.00. The van der Waals surface area contributed by atoms with Crippen molar-refractivity contribution in [2.75, 3.05) is 6.54 Å². The molecule has 0 saturated heterocycles. The van der Waals surface area contributed by atoms with Crippen LogP contribution in [-0.2, 0) is 11.2 Å². The second-order valence-corrected chi connectivity index (χ2v) is 5.99. The summed E-state index contributed by atoms with van der Waals surface area (Å²) in [7, 11) is 0. The Kier molecular flexibility index (Phi) is 4.96. The first-order valence-electron chi connectivity index (χ1n) is 7.77. The maximum atomic E-state index is 11.9. The molecule has 122 valence electrons. The van der Waals surface area contributed by atoms with Crippen molar-refractivity contribution in [3.8, 4) is 0 Å². The number of aromatic nitrogens is 2. The summed E-state index contributed by atoms with van der Waals surface area (Å²) in [6.45, 7) is 2.59. The predicted octanol–water partition coefficient (Wildman–Crippen LogP) is 3.67. The van der Waals surface area contributed by atoms with Crippen molar-refractivity contribution >= 4 is 29.2 Å². The summed E-state index contributed by atoms with van der Waals surface area (Å²) in [4.78, 5) is 16.4. The van der Waals surface area contributed by atoms with Crippen LogP contribution in [0.4, 0.5) is 0 Å². The van der Waals surface area contributed by atoms with Gasteiger partial charge in [-0.2, -0.15) is 0 Å². The van der Waals surface area contributed by atoms with Crippen LogP contribution in [0, 0.1) is 6.92 Å². The van der Waals surface area contributed by atoms with Gasteiger partial charge in [0, 0.05) is 36.0 Å². The molecule has 0 aliphatic heterocycles. The fraction of sp³-hybridized carbons (Fsp3) is 0.158. The molecule has 0 radical (unpaired) electrons. The van der Waals surface area contributed by atoms with Crippen LogP contribution in [-0.4, -0.2) is 21.8 Å². The third kappa shape index (κ3) is 4.03. The molecule has 3 rings (SSSR count). The normalized spacial score (nSPS) is 11.2. The van der Waals surface area contributed by atoms with Crippen molar-refractivity contribution in [1.82, 2.24) is 14.7 Å². The third-order valence-corrected chi connectivity index (χ3v) is 3.98. The van der Waals surface area contributed by atoms with Crippen LogP contribution in [0.5, 0.6) is 0 Å². The molecule has 0 saturated carbocycles. The van der Waals surface area contributed by atoms with Crippen molar-refractivity contribution in [3.63, 3.8) is 0 Å². The number of rotatable bonds is 5. The monoisotopic (exact) mass is 339 g/mol. The number of carbonyl (C=O) groups excluding carboxylic acids is 1. The van der Waals surface area contributed by atoms with Gasteiger partial charge < -0.3 is 9.72 Å². The lowest BCUT2D eigenvalue weighted by Gasteiger charge is -2.00. The van der Waals surface area contributed by atoms with Gasteiger partial charge in [0.2, 0.25) is 5.91 Å². The van der Waals surface area contributed by atoms with Crippen LogP contribution < -0.4 is 5.32 Å². The van der Waals surface area contributed by atoms with Gasteiger partial charge in [0.15, 0.2) is 0 Å². The number of carbonyl (C=O) groups is 1. The van der Waals surface area contributed by atoms with Crippen LogP contribution in [0.15, 0.2) is 54.7 Å². The van der Waals surface area contributed by atoms with E-state index in [4.69, 9.17) is 11.6 Å². The van der Waals surface area contributed by atoms with Crippen molar-refractivity contribution in [3.05, 3.63) is 76.7 Å². The van der Waals surface area contributed by atoms with E-state index in [0.717, 1.165) is 22.6 Å². The fourth-order valence-electron chi connectivity index (χ4n) is 2.44. The molecule has 0 bridgehead atoms. The minimum atomic E-state index is -0.120. The highest BCUT2D eigenvalue weighted by Crippen LogP contribution is 2.10. The number of halogens is 1. The summed E-state index contributed by atoms with van der Waals surface area (Å²) in [6, 6.07) is 13.3. The van der Waals surface area contributed by atoms with Gasteiger partial charge in [0.25, 0.3) is 0 Å².